The standard InChI is InChI=1S/C13H16F3N3O2/c14-13(15,16)12(20)21-11-9-4-2-6-19(9)10(18-11)8-3-1-5-17-7-8/h8,17H,1-7H2. The largest absolute Gasteiger partial charge is 0.491 e. The molecule has 0 saturated carbocycles. The number of hydrogen-bond acceptors (Lipinski definition) is 4. The minimum atomic E-state index is -5.00. The number of piperidine rings is 1. The number of ether oxygens (including phenoxy) is 1. The van der Waals surface area contributed by atoms with Gasteiger partial charge in [-0.3, -0.25) is 0 Å². The maximum absolute atomic E-state index is 12.3. The first-order valence-electron chi connectivity index (χ1n) is 7.06. The van der Waals surface area contributed by atoms with Gasteiger partial charge in [0.05, 0.1) is 5.69 Å². The van der Waals surface area contributed by atoms with Gasteiger partial charge in [0.2, 0.25) is 5.88 Å². The number of carbonyl (C=O) groups excluding carboxylic acids is 1. The zero-order chi connectivity index (χ0) is 15.0. The second-order valence-corrected chi connectivity index (χ2v) is 5.41. The molecule has 2 aliphatic heterocycles. The smallest absolute Gasteiger partial charge is 0.399 e. The van der Waals surface area contributed by atoms with Gasteiger partial charge in [-0.15, -0.1) is 0 Å². The van der Waals surface area contributed by atoms with E-state index in [0.717, 1.165) is 44.7 Å². The lowest BCUT2D eigenvalue weighted by atomic mass is 9.99. The molecule has 8 heteroatoms. The predicted molar refractivity (Wildman–Crippen MR) is 67.1 cm³/mol. The van der Waals surface area contributed by atoms with E-state index in [1.165, 1.54) is 0 Å². The van der Waals surface area contributed by atoms with E-state index in [0.29, 0.717) is 12.1 Å². The van der Waals surface area contributed by atoms with E-state index in [4.69, 9.17) is 0 Å². The van der Waals surface area contributed by atoms with Crippen molar-refractivity contribution >= 4 is 5.97 Å². The Bertz CT molecular complexity index is 548. The van der Waals surface area contributed by atoms with Gasteiger partial charge in [0.25, 0.3) is 0 Å². The first kappa shape index (κ1) is 14.4. The summed E-state index contributed by atoms with van der Waals surface area (Å²) in [7, 11) is 0. The van der Waals surface area contributed by atoms with Crippen LogP contribution < -0.4 is 10.1 Å². The summed E-state index contributed by atoms with van der Waals surface area (Å²) in [5.74, 6) is -1.48. The highest BCUT2D eigenvalue weighted by Gasteiger charge is 2.43. The van der Waals surface area contributed by atoms with Crippen LogP contribution in [0.2, 0.25) is 0 Å². The van der Waals surface area contributed by atoms with Crippen molar-refractivity contribution in [3.05, 3.63) is 11.5 Å². The summed E-state index contributed by atoms with van der Waals surface area (Å²) >= 11 is 0. The summed E-state index contributed by atoms with van der Waals surface area (Å²) in [4.78, 5) is 15.2. The number of aromatic nitrogens is 2. The maximum Gasteiger partial charge on any atom is 0.491 e. The summed E-state index contributed by atoms with van der Waals surface area (Å²) in [5, 5.41) is 3.26. The highest BCUT2D eigenvalue weighted by atomic mass is 19.4. The molecule has 1 aromatic rings. The first-order chi connectivity index (χ1) is 9.97. The molecule has 1 fully saturated rings. The van der Waals surface area contributed by atoms with E-state index >= 15 is 0 Å². The maximum atomic E-state index is 12.3. The van der Waals surface area contributed by atoms with Gasteiger partial charge in [0.1, 0.15) is 5.82 Å². The Morgan fingerprint density at radius 1 is 1.38 bits per heavy atom. The van der Waals surface area contributed by atoms with Gasteiger partial charge >= 0.3 is 12.1 Å². The van der Waals surface area contributed by atoms with Crippen molar-refractivity contribution in [3.8, 4) is 5.88 Å². The molecule has 116 valence electrons. The van der Waals surface area contributed by atoms with Gasteiger partial charge in [0.15, 0.2) is 0 Å². The molecule has 3 heterocycles. The number of carbonyl (C=O) groups is 1. The Morgan fingerprint density at radius 2 is 2.19 bits per heavy atom. The summed E-state index contributed by atoms with van der Waals surface area (Å²) in [5.41, 5.74) is 0.605. The lowest BCUT2D eigenvalue weighted by Crippen LogP contribution is -2.30. The number of halogens is 3. The highest BCUT2D eigenvalue weighted by molar-refractivity contribution is 5.78. The zero-order valence-corrected chi connectivity index (χ0v) is 11.4. The van der Waals surface area contributed by atoms with Gasteiger partial charge in [-0.2, -0.15) is 18.2 Å². The van der Waals surface area contributed by atoms with E-state index < -0.39 is 12.1 Å². The quantitative estimate of drug-likeness (QED) is 0.846. The lowest BCUT2D eigenvalue weighted by molar-refractivity contribution is -0.190. The number of hydrogen-bond donors (Lipinski definition) is 1. The van der Waals surface area contributed by atoms with Crippen LogP contribution in [0.5, 0.6) is 5.88 Å². The zero-order valence-electron chi connectivity index (χ0n) is 11.4. The molecular formula is C13H16F3N3O2. The second kappa shape index (κ2) is 5.32. The van der Waals surface area contributed by atoms with Crippen LogP contribution in [0.1, 0.15) is 36.7 Å². The molecule has 0 bridgehead atoms. The SMILES string of the molecule is O=C(Oc1nc(C2CCCNC2)n2c1CCC2)C(F)(F)F. The van der Waals surface area contributed by atoms with Crippen molar-refractivity contribution in [3.63, 3.8) is 0 Å². The summed E-state index contributed by atoms with van der Waals surface area (Å²) < 4.78 is 43.4. The minimum absolute atomic E-state index is 0.161. The van der Waals surface area contributed by atoms with Gasteiger partial charge in [-0.05, 0) is 32.2 Å². The molecule has 1 aromatic heterocycles. The Morgan fingerprint density at radius 3 is 2.86 bits per heavy atom. The molecule has 1 N–H and O–H groups in total. The van der Waals surface area contributed by atoms with Crippen LogP contribution in [-0.4, -0.2) is 34.8 Å². The van der Waals surface area contributed by atoms with Crippen LogP contribution in [0.4, 0.5) is 13.2 Å². The molecule has 5 nitrogen and oxygen atoms in total. The van der Waals surface area contributed by atoms with Gasteiger partial charge < -0.3 is 14.6 Å². The number of nitrogens with zero attached hydrogens (tertiary/aromatic N) is 2. The number of rotatable bonds is 2. The van der Waals surface area contributed by atoms with Crippen molar-refractivity contribution in [1.82, 2.24) is 14.9 Å². The average Bonchev–Trinajstić information content (AvgIpc) is 3.02. The van der Waals surface area contributed by atoms with Crippen LogP contribution in [0.25, 0.3) is 0 Å². The molecule has 1 atom stereocenters. The van der Waals surface area contributed by atoms with Crippen molar-refractivity contribution in [2.24, 2.45) is 0 Å². The van der Waals surface area contributed by atoms with Crippen molar-refractivity contribution in [2.45, 2.75) is 44.3 Å². The molecule has 3 rings (SSSR count). The molecule has 0 aromatic carbocycles. The molecule has 0 spiro atoms. The topological polar surface area (TPSA) is 56.1 Å². The van der Waals surface area contributed by atoms with E-state index in [1.807, 2.05) is 4.57 Å². The lowest BCUT2D eigenvalue weighted by Gasteiger charge is -2.22. The number of imidazole rings is 1. The Kier molecular flexibility index (Phi) is 3.64. The molecule has 1 saturated heterocycles. The number of esters is 1. The van der Waals surface area contributed by atoms with Gasteiger partial charge in [0, 0.05) is 19.0 Å². The van der Waals surface area contributed by atoms with E-state index in [2.05, 4.69) is 15.0 Å². The Hall–Kier alpha value is -1.57. The Balaban J connectivity index is 1.87. The number of nitrogens with one attached hydrogen (secondary N) is 1. The molecule has 2 aliphatic rings. The number of fused-ring (bicyclic) bond motifs is 1. The fraction of sp³-hybridized carbons (Fsp3) is 0.692. The third-order valence-corrected chi connectivity index (χ3v) is 3.94. The third kappa shape index (κ3) is 2.76. The molecule has 0 amide bonds. The summed E-state index contributed by atoms with van der Waals surface area (Å²) in [6.45, 7) is 2.42. The molecule has 0 radical (unpaired) electrons. The van der Waals surface area contributed by atoms with Crippen molar-refractivity contribution in [2.75, 3.05) is 13.1 Å². The fourth-order valence-electron chi connectivity index (χ4n) is 2.99. The van der Waals surface area contributed by atoms with Crippen molar-refractivity contribution in [1.29, 1.82) is 0 Å². The van der Waals surface area contributed by atoms with Crippen molar-refractivity contribution < 1.29 is 22.7 Å². The summed E-state index contributed by atoms with van der Waals surface area (Å²) in [6.07, 6.45) is -1.63. The van der Waals surface area contributed by atoms with Crippen LogP contribution in [0.3, 0.4) is 0 Å². The van der Waals surface area contributed by atoms with Gasteiger partial charge in [-0.25, -0.2) is 4.79 Å². The predicted octanol–water partition coefficient (Wildman–Crippen LogP) is 1.76. The molecule has 0 aliphatic carbocycles. The second-order valence-electron chi connectivity index (χ2n) is 5.41. The normalized spacial score (nSPS) is 22.1. The monoisotopic (exact) mass is 303 g/mol. The highest BCUT2D eigenvalue weighted by Crippen LogP contribution is 2.33. The fourth-order valence-corrected chi connectivity index (χ4v) is 2.99. The van der Waals surface area contributed by atoms with E-state index in [9.17, 15) is 18.0 Å². The molecule has 1 unspecified atom stereocenters. The van der Waals surface area contributed by atoms with E-state index in [1.54, 1.807) is 0 Å². The average molecular weight is 303 g/mol. The van der Waals surface area contributed by atoms with Crippen LogP contribution >= 0.6 is 0 Å². The minimum Gasteiger partial charge on any atom is -0.399 e. The number of alkyl halides is 3. The van der Waals surface area contributed by atoms with E-state index in [-0.39, 0.29) is 11.8 Å². The first-order valence-corrected chi connectivity index (χ1v) is 7.06. The molecular weight excluding hydrogens is 287 g/mol. The van der Waals surface area contributed by atoms with Gasteiger partial charge in [-0.1, -0.05) is 0 Å². The summed E-state index contributed by atoms with van der Waals surface area (Å²) in [6, 6.07) is 0. The van der Waals surface area contributed by atoms with Crippen LogP contribution in [-0.2, 0) is 17.8 Å². The van der Waals surface area contributed by atoms with Crippen LogP contribution in [0, 0.1) is 0 Å². The Labute approximate surface area is 119 Å². The third-order valence-electron chi connectivity index (χ3n) is 3.94. The molecule has 21 heavy (non-hydrogen) atoms. The van der Waals surface area contributed by atoms with Crippen LogP contribution in [0.15, 0.2) is 0 Å².